The largest absolute Gasteiger partial charge is 0.497 e. The number of nitrogens with two attached hydrogens (primary N) is 1. The number of benzene rings is 2. The summed E-state index contributed by atoms with van der Waals surface area (Å²) < 4.78 is 5.14. The number of nitrogens with zero attached hydrogens (tertiary/aromatic N) is 2. The summed E-state index contributed by atoms with van der Waals surface area (Å²) in [5, 5.41) is 12.1. The van der Waals surface area contributed by atoms with Crippen molar-refractivity contribution in [1.82, 2.24) is 10.3 Å². The fourth-order valence-electron chi connectivity index (χ4n) is 3.37. The minimum Gasteiger partial charge on any atom is -0.497 e. The number of carbonyl (C=O) groups is 1. The van der Waals surface area contributed by atoms with Gasteiger partial charge in [0.2, 0.25) is 0 Å². The first-order valence-corrected chi connectivity index (χ1v) is 9.28. The number of aromatic nitrogens is 1. The van der Waals surface area contributed by atoms with Crippen molar-refractivity contribution in [3.05, 3.63) is 77.5 Å². The molecular formula is C23H20N4O2. The summed E-state index contributed by atoms with van der Waals surface area (Å²) in [6, 6.07) is 18.6. The lowest BCUT2D eigenvalue weighted by Crippen LogP contribution is -2.34. The summed E-state index contributed by atoms with van der Waals surface area (Å²) in [5.74, 6) is 0.612. The van der Waals surface area contributed by atoms with E-state index in [-0.39, 0.29) is 11.4 Å². The van der Waals surface area contributed by atoms with Gasteiger partial charge < -0.3 is 15.8 Å². The van der Waals surface area contributed by atoms with Crippen molar-refractivity contribution in [2.45, 2.75) is 18.4 Å². The van der Waals surface area contributed by atoms with Crippen LogP contribution in [-0.4, -0.2) is 18.0 Å². The van der Waals surface area contributed by atoms with Crippen molar-refractivity contribution >= 4 is 11.6 Å². The van der Waals surface area contributed by atoms with Crippen LogP contribution in [0, 0.1) is 11.3 Å². The van der Waals surface area contributed by atoms with Crippen molar-refractivity contribution in [3.8, 4) is 23.1 Å². The second kappa shape index (κ2) is 7.28. The molecule has 1 amide bonds. The fraction of sp³-hybridized carbons (Fsp3) is 0.174. The number of nitrogen functional groups attached to an aromatic ring is 1. The average Bonchev–Trinajstić information content (AvgIpc) is 3.54. The summed E-state index contributed by atoms with van der Waals surface area (Å²) in [6.45, 7) is 0. The van der Waals surface area contributed by atoms with E-state index in [4.69, 9.17) is 15.7 Å². The predicted molar refractivity (Wildman–Crippen MR) is 110 cm³/mol. The first-order valence-electron chi connectivity index (χ1n) is 9.28. The van der Waals surface area contributed by atoms with Crippen LogP contribution in [0.25, 0.3) is 11.3 Å². The maximum absolute atomic E-state index is 12.7. The highest BCUT2D eigenvalue weighted by Crippen LogP contribution is 2.46. The predicted octanol–water partition coefficient (Wildman–Crippen LogP) is 3.63. The van der Waals surface area contributed by atoms with Gasteiger partial charge in [0.1, 0.15) is 11.8 Å². The van der Waals surface area contributed by atoms with Crippen molar-refractivity contribution < 1.29 is 9.53 Å². The number of pyridine rings is 1. The lowest BCUT2D eigenvalue weighted by molar-refractivity contribution is 0.0931. The van der Waals surface area contributed by atoms with Gasteiger partial charge in [-0.25, -0.2) is 0 Å². The van der Waals surface area contributed by atoms with Crippen molar-refractivity contribution in [2.75, 3.05) is 12.8 Å². The van der Waals surface area contributed by atoms with E-state index in [0.29, 0.717) is 28.3 Å². The Morgan fingerprint density at radius 1 is 1.17 bits per heavy atom. The van der Waals surface area contributed by atoms with Crippen LogP contribution in [0.5, 0.6) is 5.75 Å². The molecular weight excluding hydrogens is 364 g/mol. The zero-order valence-electron chi connectivity index (χ0n) is 16.0. The van der Waals surface area contributed by atoms with Gasteiger partial charge in [-0.1, -0.05) is 24.3 Å². The Bertz CT molecular complexity index is 1100. The molecule has 1 saturated carbocycles. The first-order chi connectivity index (χ1) is 14.0. The lowest BCUT2D eigenvalue weighted by Gasteiger charge is -2.19. The van der Waals surface area contributed by atoms with Crippen LogP contribution in [0.2, 0.25) is 0 Å². The molecule has 1 heterocycles. The molecule has 1 aliphatic carbocycles. The Hall–Kier alpha value is -3.85. The highest BCUT2D eigenvalue weighted by Gasteiger charge is 2.45. The van der Waals surface area contributed by atoms with E-state index in [1.807, 2.05) is 30.3 Å². The molecule has 1 aromatic heterocycles. The number of amides is 1. The van der Waals surface area contributed by atoms with E-state index in [0.717, 1.165) is 24.0 Å². The highest BCUT2D eigenvalue weighted by atomic mass is 16.5. The van der Waals surface area contributed by atoms with E-state index in [9.17, 15) is 4.79 Å². The topological polar surface area (TPSA) is 101 Å². The molecule has 3 N–H and O–H groups in total. The molecule has 29 heavy (non-hydrogen) atoms. The Morgan fingerprint density at radius 2 is 1.86 bits per heavy atom. The third-order valence-corrected chi connectivity index (χ3v) is 5.21. The van der Waals surface area contributed by atoms with Crippen LogP contribution in [0.4, 0.5) is 5.69 Å². The number of methoxy groups -OCH3 is 1. The Morgan fingerprint density at radius 3 is 2.41 bits per heavy atom. The second-order valence-corrected chi connectivity index (χ2v) is 7.12. The maximum Gasteiger partial charge on any atom is 0.251 e. The van der Waals surface area contributed by atoms with Gasteiger partial charge in [-0.2, -0.15) is 5.26 Å². The summed E-state index contributed by atoms with van der Waals surface area (Å²) in [4.78, 5) is 17.0. The molecule has 0 radical (unpaired) electrons. The average molecular weight is 384 g/mol. The number of nitriles is 1. The number of hydrogen-bond acceptors (Lipinski definition) is 5. The quantitative estimate of drug-likeness (QED) is 0.699. The van der Waals surface area contributed by atoms with E-state index >= 15 is 0 Å². The number of anilines is 1. The lowest BCUT2D eigenvalue weighted by atomic mass is 10.00. The molecule has 6 heteroatoms. The monoisotopic (exact) mass is 384 g/mol. The Labute approximate surface area is 169 Å². The van der Waals surface area contributed by atoms with Crippen LogP contribution in [0.3, 0.4) is 0 Å². The smallest absolute Gasteiger partial charge is 0.251 e. The molecule has 6 nitrogen and oxygen atoms in total. The van der Waals surface area contributed by atoms with E-state index in [1.165, 1.54) is 6.20 Å². The molecule has 0 atom stereocenters. The van der Waals surface area contributed by atoms with Gasteiger partial charge in [0.25, 0.3) is 5.91 Å². The Balaban J connectivity index is 1.52. The minimum atomic E-state index is -0.334. The molecule has 1 aliphatic rings. The third-order valence-electron chi connectivity index (χ3n) is 5.21. The zero-order chi connectivity index (χ0) is 20.4. The van der Waals surface area contributed by atoms with E-state index in [1.54, 1.807) is 37.4 Å². The summed E-state index contributed by atoms with van der Waals surface area (Å²) in [6.07, 6.45) is 3.30. The molecule has 2 aromatic carbocycles. The number of nitrogens with one attached hydrogen (secondary N) is 1. The van der Waals surface area contributed by atoms with Crippen molar-refractivity contribution in [3.63, 3.8) is 0 Å². The van der Waals surface area contributed by atoms with Crippen molar-refractivity contribution in [1.29, 1.82) is 5.26 Å². The molecule has 4 rings (SSSR count). The maximum atomic E-state index is 12.7. The number of hydrogen-bond donors (Lipinski definition) is 2. The summed E-state index contributed by atoms with van der Waals surface area (Å²) in [5.41, 5.74) is 9.76. The first kappa shape index (κ1) is 18.5. The van der Waals surface area contributed by atoms with Crippen LogP contribution in [-0.2, 0) is 5.54 Å². The Kier molecular flexibility index (Phi) is 4.65. The van der Waals surface area contributed by atoms with Gasteiger partial charge in [0.15, 0.2) is 0 Å². The van der Waals surface area contributed by atoms with Crippen LogP contribution in [0.1, 0.15) is 34.3 Å². The molecule has 0 spiro atoms. The van der Waals surface area contributed by atoms with E-state index in [2.05, 4.69) is 10.3 Å². The number of rotatable bonds is 5. The van der Waals surface area contributed by atoms with Crippen LogP contribution >= 0.6 is 0 Å². The van der Waals surface area contributed by atoms with Gasteiger partial charge >= 0.3 is 0 Å². The van der Waals surface area contributed by atoms with Crippen molar-refractivity contribution in [2.24, 2.45) is 0 Å². The molecule has 144 valence electrons. The van der Waals surface area contributed by atoms with E-state index < -0.39 is 0 Å². The number of carbonyl (C=O) groups excluding carboxylic acids is 1. The van der Waals surface area contributed by atoms with Crippen LogP contribution < -0.4 is 15.8 Å². The van der Waals surface area contributed by atoms with Crippen LogP contribution in [0.15, 0.2) is 60.8 Å². The third kappa shape index (κ3) is 3.63. The summed E-state index contributed by atoms with van der Waals surface area (Å²) in [7, 11) is 1.60. The van der Waals surface area contributed by atoms with Gasteiger partial charge in [0.05, 0.1) is 29.6 Å². The molecule has 3 aromatic rings. The standard InChI is InChI=1S/C23H20N4O2/c1-29-19-8-4-17(5-9-19)22(28)27-23(10-11-23)18-6-2-16(3-7-18)21-20(25)12-15(13-24)14-26-21/h2-9,12,14H,10-11,25H2,1H3,(H,27,28). The minimum absolute atomic E-state index is 0.104. The van der Waals surface area contributed by atoms with Gasteiger partial charge in [-0.3, -0.25) is 9.78 Å². The summed E-state index contributed by atoms with van der Waals surface area (Å²) >= 11 is 0. The fourth-order valence-corrected chi connectivity index (χ4v) is 3.37. The number of ether oxygens (including phenoxy) is 1. The SMILES string of the molecule is COc1ccc(C(=O)NC2(c3ccc(-c4ncc(C#N)cc4N)cc3)CC2)cc1. The highest BCUT2D eigenvalue weighted by molar-refractivity contribution is 5.95. The molecule has 0 saturated heterocycles. The normalized spacial score (nSPS) is 13.9. The van der Waals surface area contributed by atoms with Gasteiger partial charge in [0, 0.05) is 17.3 Å². The molecule has 0 aliphatic heterocycles. The second-order valence-electron chi connectivity index (χ2n) is 7.12. The molecule has 0 bridgehead atoms. The molecule has 0 unspecified atom stereocenters. The zero-order valence-corrected chi connectivity index (χ0v) is 16.0. The van der Waals surface area contributed by atoms with Gasteiger partial charge in [-0.15, -0.1) is 0 Å². The van der Waals surface area contributed by atoms with Gasteiger partial charge in [-0.05, 0) is 48.7 Å². The molecule has 1 fully saturated rings.